The summed E-state index contributed by atoms with van der Waals surface area (Å²) < 4.78 is 0. The molecule has 0 aromatic heterocycles. The monoisotopic (exact) mass is 333 g/mol. The van der Waals surface area contributed by atoms with Gasteiger partial charge in [0.1, 0.15) is 5.60 Å². The lowest BCUT2D eigenvalue weighted by atomic mass is 9.79. The van der Waals surface area contributed by atoms with E-state index in [1.165, 1.54) is 6.42 Å². The molecule has 0 radical (unpaired) electrons. The van der Waals surface area contributed by atoms with Gasteiger partial charge < -0.3 is 10.4 Å². The van der Waals surface area contributed by atoms with E-state index in [1.807, 2.05) is 24.3 Å². The van der Waals surface area contributed by atoms with Crippen molar-refractivity contribution >= 4 is 16.4 Å². The van der Waals surface area contributed by atoms with E-state index in [0.717, 1.165) is 43.7 Å². The normalized spacial score (nSPS) is 27.5. The Labute approximate surface area is 144 Å². The van der Waals surface area contributed by atoms with Gasteiger partial charge in [0.25, 0.3) is 0 Å². The maximum atomic E-state index is 11.7. The van der Waals surface area contributed by atoms with Crippen molar-refractivity contribution < 1.29 is 5.11 Å². The first-order valence-corrected chi connectivity index (χ1v) is 10.4. The third kappa shape index (κ3) is 4.81. The van der Waals surface area contributed by atoms with Gasteiger partial charge >= 0.3 is 0 Å². The summed E-state index contributed by atoms with van der Waals surface area (Å²) in [7, 11) is 0.0503. The Balaban J connectivity index is 2.21. The van der Waals surface area contributed by atoms with Gasteiger partial charge in [-0.2, -0.15) is 10.5 Å². The predicted octanol–water partition coefficient (Wildman–Crippen LogP) is 3.81. The summed E-state index contributed by atoms with van der Waals surface area (Å²) in [6.45, 7) is 6.41. The van der Waals surface area contributed by atoms with Gasteiger partial charge in [-0.15, -0.1) is 5.73 Å². The van der Waals surface area contributed by atoms with Crippen LogP contribution in [0.4, 0.5) is 0 Å². The Morgan fingerprint density at radius 1 is 1.52 bits per heavy atom. The minimum atomic E-state index is -0.775. The molecule has 4 atom stereocenters. The molecule has 2 nitrogen and oxygen atoms in total. The average molecular weight is 334 g/mol. The Bertz CT molecular complexity index is 542. The van der Waals surface area contributed by atoms with Crippen LogP contribution in [0.5, 0.6) is 0 Å². The van der Waals surface area contributed by atoms with E-state index in [0.29, 0.717) is 5.92 Å². The van der Waals surface area contributed by atoms with E-state index >= 15 is 0 Å². The van der Waals surface area contributed by atoms with Crippen LogP contribution >= 0.6 is 10.5 Å². The van der Waals surface area contributed by atoms with Crippen LogP contribution in [-0.2, 0) is 0 Å². The Kier molecular flexibility index (Phi) is 7.10. The second-order valence-electron chi connectivity index (χ2n) is 6.73. The summed E-state index contributed by atoms with van der Waals surface area (Å²) in [5.74, 6) is 5.98. The fraction of sp³-hybridized carbons (Fsp3) is 0.600. The van der Waals surface area contributed by atoms with Gasteiger partial charge in [-0.3, -0.25) is 0 Å². The molecular weight excluding hydrogens is 302 g/mol. The van der Waals surface area contributed by atoms with Crippen molar-refractivity contribution in [2.24, 2.45) is 5.92 Å². The van der Waals surface area contributed by atoms with Crippen molar-refractivity contribution in [2.45, 2.75) is 50.4 Å². The first-order valence-electron chi connectivity index (χ1n) is 8.80. The molecule has 0 saturated carbocycles. The standard InChI is InChI=1S/C20H31NOS/c1-4-21-14-13-17(2)16-20(22,19-12-9-15-23(19)3)18-10-7-5-6-8-11-18/h5-7,10-11,17,19,21-22H,3-4,9,12-16H2,1-2H3. The average Bonchev–Trinajstić information content (AvgIpc) is 2.78. The molecule has 1 fully saturated rings. The van der Waals surface area contributed by atoms with Crippen molar-refractivity contribution in [2.75, 3.05) is 18.8 Å². The summed E-state index contributed by atoms with van der Waals surface area (Å²) in [5.41, 5.74) is 3.40. The number of aliphatic hydroxyl groups is 1. The lowest BCUT2D eigenvalue weighted by molar-refractivity contribution is 0.0526. The highest BCUT2D eigenvalue weighted by atomic mass is 32.2. The smallest absolute Gasteiger partial charge is 0.102 e. The zero-order valence-corrected chi connectivity index (χ0v) is 15.4. The van der Waals surface area contributed by atoms with Gasteiger partial charge in [0.05, 0.1) is 0 Å². The second kappa shape index (κ2) is 8.84. The van der Waals surface area contributed by atoms with Crippen LogP contribution in [0.1, 0.15) is 39.5 Å². The number of nitrogens with one attached hydrogen (secondary N) is 1. The Morgan fingerprint density at radius 3 is 3.04 bits per heavy atom. The molecule has 0 aromatic carbocycles. The van der Waals surface area contributed by atoms with Crippen molar-refractivity contribution in [1.82, 2.24) is 5.32 Å². The fourth-order valence-corrected chi connectivity index (χ4v) is 5.70. The molecule has 0 spiro atoms. The van der Waals surface area contributed by atoms with Gasteiger partial charge in [-0.1, -0.05) is 37.9 Å². The molecule has 128 valence electrons. The molecule has 2 N–H and O–H groups in total. The molecular formula is C20H31NOS. The minimum absolute atomic E-state index is 0.0503. The number of hydrogen-bond donors (Lipinski definition) is 2. The largest absolute Gasteiger partial charge is 0.384 e. The molecule has 2 aliphatic rings. The van der Waals surface area contributed by atoms with Crippen LogP contribution in [0.15, 0.2) is 41.7 Å². The van der Waals surface area contributed by atoms with Gasteiger partial charge in [-0.25, -0.2) is 0 Å². The summed E-state index contributed by atoms with van der Waals surface area (Å²) in [6, 6.07) is 0. The zero-order valence-electron chi connectivity index (χ0n) is 14.6. The van der Waals surface area contributed by atoms with Crippen LogP contribution in [-0.4, -0.2) is 40.7 Å². The molecule has 0 amide bonds. The molecule has 2 rings (SSSR count). The van der Waals surface area contributed by atoms with Crippen molar-refractivity contribution in [3.8, 4) is 0 Å². The van der Waals surface area contributed by atoms with E-state index in [2.05, 4.69) is 36.8 Å². The quantitative estimate of drug-likeness (QED) is 0.402. The molecule has 1 saturated heterocycles. The van der Waals surface area contributed by atoms with Crippen molar-refractivity contribution in [1.29, 1.82) is 0 Å². The fourth-order valence-electron chi connectivity index (χ4n) is 3.60. The zero-order chi connectivity index (χ0) is 16.7. The maximum Gasteiger partial charge on any atom is 0.102 e. The van der Waals surface area contributed by atoms with E-state index in [-0.39, 0.29) is 15.7 Å². The van der Waals surface area contributed by atoms with Crippen molar-refractivity contribution in [3.63, 3.8) is 0 Å². The molecule has 4 unspecified atom stereocenters. The van der Waals surface area contributed by atoms with Crippen molar-refractivity contribution in [3.05, 3.63) is 41.7 Å². The first-order chi connectivity index (χ1) is 11.1. The van der Waals surface area contributed by atoms with Crippen LogP contribution in [0.25, 0.3) is 0 Å². The van der Waals surface area contributed by atoms with Crippen LogP contribution < -0.4 is 5.32 Å². The molecule has 1 heterocycles. The summed E-state index contributed by atoms with van der Waals surface area (Å²) in [5, 5.41) is 15.4. The molecule has 1 aliphatic heterocycles. The van der Waals surface area contributed by atoms with Crippen LogP contribution in [0.3, 0.4) is 0 Å². The molecule has 0 aromatic rings. The van der Waals surface area contributed by atoms with E-state index in [4.69, 9.17) is 0 Å². The lowest BCUT2D eigenvalue weighted by Crippen LogP contribution is -2.43. The molecule has 3 heteroatoms. The number of hydrogen-bond acceptors (Lipinski definition) is 2. The third-order valence-electron chi connectivity index (χ3n) is 4.85. The van der Waals surface area contributed by atoms with Gasteiger partial charge in [0.15, 0.2) is 0 Å². The Morgan fingerprint density at radius 2 is 2.35 bits per heavy atom. The lowest BCUT2D eigenvalue weighted by Gasteiger charge is -2.38. The number of rotatable bonds is 8. The topological polar surface area (TPSA) is 32.3 Å². The first kappa shape index (κ1) is 18.5. The SMILES string of the molecule is C=S1CCCC1C(O)(CC(C)CCNCC)C1=CC=CC=C=C1. The third-order valence-corrected chi connectivity index (χ3v) is 7.09. The predicted molar refractivity (Wildman–Crippen MR) is 104 cm³/mol. The Hall–Kier alpha value is -0.860. The van der Waals surface area contributed by atoms with Gasteiger partial charge in [0.2, 0.25) is 0 Å². The maximum absolute atomic E-state index is 11.7. The highest BCUT2D eigenvalue weighted by Crippen LogP contribution is 2.45. The number of allylic oxidation sites excluding steroid dienone is 3. The summed E-state index contributed by atoms with van der Waals surface area (Å²) in [4.78, 5) is 0. The highest BCUT2D eigenvalue weighted by molar-refractivity contribution is 8.14. The second-order valence-corrected chi connectivity index (χ2v) is 8.79. The minimum Gasteiger partial charge on any atom is -0.384 e. The summed E-state index contributed by atoms with van der Waals surface area (Å²) >= 11 is 0. The highest BCUT2D eigenvalue weighted by Gasteiger charge is 2.42. The van der Waals surface area contributed by atoms with Gasteiger partial charge in [-0.05, 0) is 68.2 Å². The molecule has 0 bridgehead atoms. The van der Waals surface area contributed by atoms with Crippen LogP contribution in [0.2, 0.25) is 0 Å². The van der Waals surface area contributed by atoms with Gasteiger partial charge in [0, 0.05) is 5.25 Å². The molecule has 23 heavy (non-hydrogen) atoms. The molecule has 1 aliphatic carbocycles. The van der Waals surface area contributed by atoms with E-state index in [1.54, 1.807) is 0 Å². The van der Waals surface area contributed by atoms with E-state index in [9.17, 15) is 5.11 Å². The van der Waals surface area contributed by atoms with E-state index < -0.39 is 5.60 Å². The van der Waals surface area contributed by atoms with Crippen LogP contribution in [0, 0.1) is 5.92 Å². The summed E-state index contributed by atoms with van der Waals surface area (Å²) in [6.07, 6.45) is 14.1.